The summed E-state index contributed by atoms with van der Waals surface area (Å²) in [7, 11) is 0. The molecule has 1 saturated carbocycles. The number of ether oxygens (including phenoxy) is 3. The van der Waals surface area contributed by atoms with Crippen molar-refractivity contribution in [3.63, 3.8) is 0 Å². The van der Waals surface area contributed by atoms with E-state index in [-0.39, 0.29) is 24.4 Å². The predicted octanol–water partition coefficient (Wildman–Crippen LogP) is 4.60. The minimum Gasteiger partial charge on any atom is -0.474 e. The number of carbonyl (C=O) groups is 1. The van der Waals surface area contributed by atoms with E-state index >= 15 is 0 Å². The van der Waals surface area contributed by atoms with Gasteiger partial charge in [0.25, 0.3) is 0 Å². The summed E-state index contributed by atoms with van der Waals surface area (Å²) >= 11 is 0. The zero-order chi connectivity index (χ0) is 23.9. The summed E-state index contributed by atoms with van der Waals surface area (Å²) in [5.41, 5.74) is 0.855. The Hall–Kier alpha value is -2.09. The predicted molar refractivity (Wildman–Crippen MR) is 130 cm³/mol. The molecule has 1 aromatic heterocycles. The Labute approximate surface area is 204 Å². The van der Waals surface area contributed by atoms with Crippen LogP contribution in [0.4, 0.5) is 4.79 Å². The molecular formula is C26H42N4O4. The summed E-state index contributed by atoms with van der Waals surface area (Å²) < 4.78 is 17.8. The van der Waals surface area contributed by atoms with E-state index in [1.54, 1.807) is 4.90 Å². The van der Waals surface area contributed by atoms with Crippen molar-refractivity contribution in [2.75, 3.05) is 32.7 Å². The molecule has 8 nitrogen and oxygen atoms in total. The fourth-order valence-electron chi connectivity index (χ4n) is 5.35. The van der Waals surface area contributed by atoms with Crippen molar-refractivity contribution < 1.29 is 19.0 Å². The molecule has 8 heteroatoms. The van der Waals surface area contributed by atoms with Crippen molar-refractivity contribution in [1.82, 2.24) is 19.8 Å². The standard InChI is InChI=1S/C26H42N4O4/c1-19(2)32-26(31)30-15-11-23(12-16-30)34-25-20(3)24(27-18-28-25)33-22-9-13-29(14-10-22)17-21-7-5-4-6-8-21/h18-19,21-23H,4-17H2,1-3H3. The summed E-state index contributed by atoms with van der Waals surface area (Å²) in [5.74, 6) is 2.11. The average molecular weight is 475 g/mol. The van der Waals surface area contributed by atoms with Crippen molar-refractivity contribution >= 4 is 6.09 Å². The molecule has 3 aliphatic rings. The first-order chi connectivity index (χ1) is 16.5. The Kier molecular flexibility index (Phi) is 8.86. The Morgan fingerprint density at radius 2 is 1.47 bits per heavy atom. The molecule has 0 N–H and O–H groups in total. The number of piperidine rings is 2. The second kappa shape index (κ2) is 12.0. The van der Waals surface area contributed by atoms with Gasteiger partial charge in [-0.15, -0.1) is 0 Å². The zero-order valence-electron chi connectivity index (χ0n) is 21.2. The molecule has 2 saturated heterocycles. The monoisotopic (exact) mass is 474 g/mol. The first-order valence-corrected chi connectivity index (χ1v) is 13.3. The van der Waals surface area contributed by atoms with E-state index in [0.29, 0.717) is 24.8 Å². The number of hydrogen-bond acceptors (Lipinski definition) is 7. The summed E-state index contributed by atoms with van der Waals surface area (Å²) in [6, 6.07) is 0. The van der Waals surface area contributed by atoms with Crippen molar-refractivity contribution in [2.45, 2.75) is 96.9 Å². The van der Waals surface area contributed by atoms with Crippen LogP contribution in [0, 0.1) is 12.8 Å². The lowest BCUT2D eigenvalue weighted by molar-refractivity contribution is 0.0502. The molecule has 3 fully saturated rings. The average Bonchev–Trinajstić information content (AvgIpc) is 2.83. The SMILES string of the molecule is Cc1c(OC2CCN(CC3CCCCC3)CC2)ncnc1OC1CCN(C(=O)OC(C)C)CC1. The number of likely N-dealkylation sites (tertiary alicyclic amines) is 2. The van der Waals surface area contributed by atoms with Gasteiger partial charge in [-0.1, -0.05) is 19.3 Å². The highest BCUT2D eigenvalue weighted by molar-refractivity contribution is 5.67. The molecule has 34 heavy (non-hydrogen) atoms. The van der Waals surface area contributed by atoms with Crippen LogP contribution in [-0.4, -0.2) is 76.9 Å². The van der Waals surface area contributed by atoms with Crippen LogP contribution in [0.25, 0.3) is 0 Å². The lowest BCUT2D eigenvalue weighted by Crippen LogP contribution is -2.42. The van der Waals surface area contributed by atoms with Gasteiger partial charge in [-0.3, -0.25) is 0 Å². The van der Waals surface area contributed by atoms with Crippen molar-refractivity contribution in [3.8, 4) is 11.8 Å². The van der Waals surface area contributed by atoms with Gasteiger partial charge in [0, 0.05) is 45.6 Å². The number of rotatable bonds is 7. The van der Waals surface area contributed by atoms with E-state index in [0.717, 1.165) is 50.3 Å². The highest BCUT2D eigenvalue weighted by Crippen LogP contribution is 2.29. The third-order valence-electron chi connectivity index (χ3n) is 7.36. The van der Waals surface area contributed by atoms with Gasteiger partial charge < -0.3 is 24.0 Å². The number of aromatic nitrogens is 2. The molecule has 0 unspecified atom stereocenters. The van der Waals surface area contributed by atoms with Crippen LogP contribution in [0.2, 0.25) is 0 Å². The van der Waals surface area contributed by atoms with Crippen molar-refractivity contribution in [3.05, 3.63) is 11.9 Å². The quantitative estimate of drug-likeness (QED) is 0.572. The molecule has 0 aromatic carbocycles. The molecular weight excluding hydrogens is 432 g/mol. The normalized spacial score (nSPS) is 21.6. The Balaban J connectivity index is 1.23. The van der Waals surface area contributed by atoms with Gasteiger partial charge in [0.15, 0.2) is 0 Å². The molecule has 1 aliphatic carbocycles. The molecule has 2 aliphatic heterocycles. The van der Waals surface area contributed by atoms with Crippen LogP contribution in [-0.2, 0) is 4.74 Å². The zero-order valence-corrected chi connectivity index (χ0v) is 21.2. The fourth-order valence-corrected chi connectivity index (χ4v) is 5.35. The van der Waals surface area contributed by atoms with E-state index in [9.17, 15) is 4.79 Å². The van der Waals surface area contributed by atoms with Gasteiger partial charge in [-0.25, -0.2) is 14.8 Å². The maximum absolute atomic E-state index is 12.1. The third-order valence-corrected chi connectivity index (χ3v) is 7.36. The second-order valence-corrected chi connectivity index (χ2v) is 10.5. The van der Waals surface area contributed by atoms with Gasteiger partial charge in [0.05, 0.1) is 11.7 Å². The first-order valence-electron chi connectivity index (χ1n) is 13.3. The van der Waals surface area contributed by atoms with Crippen molar-refractivity contribution in [1.29, 1.82) is 0 Å². The molecule has 0 spiro atoms. The molecule has 3 heterocycles. The highest BCUT2D eigenvalue weighted by Gasteiger charge is 2.28. The maximum atomic E-state index is 12.1. The third kappa shape index (κ3) is 6.96. The number of amides is 1. The van der Waals surface area contributed by atoms with Gasteiger partial charge >= 0.3 is 6.09 Å². The molecule has 1 aromatic rings. The number of hydrogen-bond donors (Lipinski definition) is 0. The van der Waals surface area contributed by atoms with Gasteiger partial charge in [-0.05, 0) is 52.4 Å². The van der Waals surface area contributed by atoms with E-state index in [4.69, 9.17) is 14.2 Å². The summed E-state index contributed by atoms with van der Waals surface area (Å²) in [5, 5.41) is 0. The lowest BCUT2D eigenvalue weighted by Gasteiger charge is -2.35. The molecule has 1 amide bonds. The van der Waals surface area contributed by atoms with Crippen LogP contribution < -0.4 is 9.47 Å². The van der Waals surface area contributed by atoms with E-state index < -0.39 is 0 Å². The van der Waals surface area contributed by atoms with Crippen LogP contribution in [0.1, 0.15) is 77.2 Å². The minimum absolute atomic E-state index is 0.0209. The van der Waals surface area contributed by atoms with E-state index in [1.807, 2.05) is 20.8 Å². The van der Waals surface area contributed by atoms with Crippen LogP contribution >= 0.6 is 0 Å². The van der Waals surface area contributed by atoms with Crippen LogP contribution in [0.3, 0.4) is 0 Å². The van der Waals surface area contributed by atoms with Crippen molar-refractivity contribution in [2.24, 2.45) is 5.92 Å². The molecule has 0 bridgehead atoms. The van der Waals surface area contributed by atoms with Gasteiger partial charge in [-0.2, -0.15) is 0 Å². The van der Waals surface area contributed by atoms with E-state index in [1.165, 1.54) is 45.0 Å². The van der Waals surface area contributed by atoms with E-state index in [2.05, 4.69) is 14.9 Å². The molecule has 190 valence electrons. The fraction of sp³-hybridized carbons (Fsp3) is 0.808. The van der Waals surface area contributed by atoms with Crippen LogP contribution in [0.5, 0.6) is 11.8 Å². The summed E-state index contributed by atoms with van der Waals surface area (Å²) in [4.78, 5) is 25.3. The largest absolute Gasteiger partial charge is 0.474 e. The molecule has 4 rings (SSSR count). The summed E-state index contributed by atoms with van der Waals surface area (Å²) in [6.07, 6.45) is 12.0. The van der Waals surface area contributed by atoms with Crippen LogP contribution in [0.15, 0.2) is 6.33 Å². The smallest absolute Gasteiger partial charge is 0.410 e. The second-order valence-electron chi connectivity index (χ2n) is 10.5. The Bertz CT molecular complexity index is 783. The number of carbonyl (C=O) groups excluding carboxylic acids is 1. The Morgan fingerprint density at radius 3 is 2.03 bits per heavy atom. The van der Waals surface area contributed by atoms with Gasteiger partial charge in [0.1, 0.15) is 18.5 Å². The van der Waals surface area contributed by atoms with Gasteiger partial charge in [0.2, 0.25) is 11.8 Å². The highest BCUT2D eigenvalue weighted by atomic mass is 16.6. The topological polar surface area (TPSA) is 77.0 Å². The molecule has 0 radical (unpaired) electrons. The summed E-state index contributed by atoms with van der Waals surface area (Å²) in [6.45, 7) is 10.4. The number of nitrogens with zero attached hydrogens (tertiary/aromatic N) is 4. The first kappa shape index (κ1) is 25.0. The minimum atomic E-state index is -0.243. The lowest BCUT2D eigenvalue weighted by atomic mass is 9.88. The Morgan fingerprint density at radius 1 is 0.912 bits per heavy atom. The molecule has 0 atom stereocenters. The maximum Gasteiger partial charge on any atom is 0.410 e.